The fourth-order valence-corrected chi connectivity index (χ4v) is 2.62. The van der Waals surface area contributed by atoms with E-state index in [2.05, 4.69) is 32.9 Å². The molecule has 0 atom stereocenters. The highest BCUT2D eigenvalue weighted by molar-refractivity contribution is 14.1. The highest BCUT2D eigenvalue weighted by Crippen LogP contribution is 2.20. The quantitative estimate of drug-likeness (QED) is 0.643. The minimum absolute atomic E-state index is 0.0285. The largest absolute Gasteiger partial charge is 0.352 e. The lowest BCUT2D eigenvalue weighted by atomic mass is 10.3. The first-order valence-corrected chi connectivity index (χ1v) is 7.62. The number of carbonyl (C=O) groups is 1. The van der Waals surface area contributed by atoms with Crippen molar-refractivity contribution in [3.05, 3.63) is 27.6 Å². The number of amides is 1. The van der Waals surface area contributed by atoms with Crippen LogP contribution in [0.5, 0.6) is 0 Å². The Morgan fingerprint density at radius 2 is 2.26 bits per heavy atom. The summed E-state index contributed by atoms with van der Waals surface area (Å²) in [6.07, 6.45) is 0. The van der Waals surface area contributed by atoms with Crippen LogP contribution in [0.2, 0.25) is 0 Å². The fourth-order valence-electron chi connectivity index (χ4n) is 1.94. The number of alkyl halides is 1. The molecule has 1 aromatic heterocycles. The highest BCUT2D eigenvalue weighted by Gasteiger charge is 2.13. The van der Waals surface area contributed by atoms with Crippen molar-refractivity contribution in [1.82, 2.24) is 14.9 Å². The number of hydrogen-bond acceptors (Lipinski definition) is 2. The van der Waals surface area contributed by atoms with Gasteiger partial charge in [0.2, 0.25) is 5.91 Å². The number of nitrogens with one attached hydrogen (secondary N) is 1. The van der Waals surface area contributed by atoms with Crippen LogP contribution in [0.3, 0.4) is 0 Å². The molecule has 0 radical (unpaired) electrons. The molecule has 19 heavy (non-hydrogen) atoms. The summed E-state index contributed by atoms with van der Waals surface area (Å²) in [5.74, 6) is 0.983. The van der Waals surface area contributed by atoms with E-state index in [4.69, 9.17) is 11.6 Å². The standard InChI is InChI=1S/C13H15ClIN3O/c1-8(2)16-13(19)7-18-11-4-3-9(15)5-10(11)17-12(18)6-14/h3-5,8H,6-7H2,1-2H3,(H,16,19). The van der Waals surface area contributed by atoms with E-state index >= 15 is 0 Å². The maximum absolute atomic E-state index is 11.9. The molecule has 0 aliphatic carbocycles. The Morgan fingerprint density at radius 1 is 1.53 bits per heavy atom. The van der Waals surface area contributed by atoms with Crippen LogP contribution in [0.15, 0.2) is 18.2 Å². The van der Waals surface area contributed by atoms with Crippen LogP contribution < -0.4 is 5.32 Å². The predicted octanol–water partition coefficient (Wildman–Crippen LogP) is 2.90. The first kappa shape index (κ1) is 14.6. The second-order valence-electron chi connectivity index (χ2n) is 4.60. The van der Waals surface area contributed by atoms with Gasteiger partial charge in [0.25, 0.3) is 0 Å². The summed E-state index contributed by atoms with van der Waals surface area (Å²) in [6.45, 7) is 4.13. The van der Waals surface area contributed by atoms with E-state index in [1.807, 2.05) is 36.6 Å². The van der Waals surface area contributed by atoms with Crippen LogP contribution in [-0.4, -0.2) is 21.5 Å². The smallest absolute Gasteiger partial charge is 0.240 e. The molecule has 4 nitrogen and oxygen atoms in total. The van der Waals surface area contributed by atoms with Crippen molar-refractivity contribution in [3.8, 4) is 0 Å². The van der Waals surface area contributed by atoms with Crippen molar-refractivity contribution in [2.45, 2.75) is 32.3 Å². The molecule has 1 heterocycles. The predicted molar refractivity (Wildman–Crippen MR) is 85.3 cm³/mol. The SMILES string of the molecule is CC(C)NC(=O)Cn1c(CCl)nc2cc(I)ccc21. The summed E-state index contributed by atoms with van der Waals surface area (Å²) in [5, 5.41) is 2.88. The Kier molecular flexibility index (Phi) is 4.67. The number of rotatable bonds is 4. The Labute approximate surface area is 130 Å². The molecule has 2 rings (SSSR count). The minimum Gasteiger partial charge on any atom is -0.352 e. The first-order chi connectivity index (χ1) is 9.01. The molecular formula is C13H15ClIN3O. The molecule has 1 amide bonds. The molecule has 0 fully saturated rings. The summed E-state index contributed by atoms with van der Waals surface area (Å²) in [6, 6.07) is 6.09. The van der Waals surface area contributed by atoms with Gasteiger partial charge in [-0.05, 0) is 54.6 Å². The number of hydrogen-bond donors (Lipinski definition) is 1. The lowest BCUT2D eigenvalue weighted by molar-refractivity contribution is -0.122. The third-order valence-electron chi connectivity index (χ3n) is 2.66. The van der Waals surface area contributed by atoms with Gasteiger partial charge in [-0.3, -0.25) is 4.79 Å². The molecule has 0 unspecified atom stereocenters. The molecule has 6 heteroatoms. The summed E-state index contributed by atoms with van der Waals surface area (Å²) in [7, 11) is 0. The van der Waals surface area contributed by atoms with Gasteiger partial charge >= 0.3 is 0 Å². The Hall–Kier alpha value is -0.820. The van der Waals surface area contributed by atoms with E-state index in [1.165, 1.54) is 0 Å². The van der Waals surface area contributed by atoms with Crippen molar-refractivity contribution in [3.63, 3.8) is 0 Å². The van der Waals surface area contributed by atoms with Crippen molar-refractivity contribution < 1.29 is 4.79 Å². The molecule has 0 aliphatic rings. The zero-order valence-electron chi connectivity index (χ0n) is 10.8. The highest BCUT2D eigenvalue weighted by atomic mass is 127. The summed E-state index contributed by atoms with van der Waals surface area (Å²) >= 11 is 8.16. The van der Waals surface area contributed by atoms with E-state index in [9.17, 15) is 4.79 Å². The maximum Gasteiger partial charge on any atom is 0.240 e. The van der Waals surface area contributed by atoms with Gasteiger partial charge in [0, 0.05) is 9.61 Å². The number of carbonyl (C=O) groups excluding carboxylic acids is 1. The van der Waals surface area contributed by atoms with Gasteiger partial charge in [-0.15, -0.1) is 11.6 Å². The second kappa shape index (κ2) is 6.09. The van der Waals surface area contributed by atoms with Gasteiger partial charge in [0.1, 0.15) is 12.4 Å². The number of halogens is 2. The van der Waals surface area contributed by atoms with Gasteiger partial charge in [0.05, 0.1) is 16.9 Å². The monoisotopic (exact) mass is 391 g/mol. The molecule has 0 saturated heterocycles. The van der Waals surface area contributed by atoms with Crippen LogP contribution in [0.4, 0.5) is 0 Å². The number of aromatic nitrogens is 2. The Balaban J connectivity index is 2.38. The molecule has 0 saturated carbocycles. The van der Waals surface area contributed by atoms with E-state index in [-0.39, 0.29) is 18.5 Å². The second-order valence-corrected chi connectivity index (χ2v) is 6.12. The third-order valence-corrected chi connectivity index (χ3v) is 3.57. The van der Waals surface area contributed by atoms with E-state index < -0.39 is 0 Å². The van der Waals surface area contributed by atoms with E-state index in [1.54, 1.807) is 0 Å². The van der Waals surface area contributed by atoms with Crippen LogP contribution in [0, 0.1) is 3.57 Å². The number of nitrogens with zero attached hydrogens (tertiary/aromatic N) is 2. The Morgan fingerprint density at radius 3 is 2.89 bits per heavy atom. The van der Waals surface area contributed by atoms with E-state index in [0.29, 0.717) is 5.88 Å². The lowest BCUT2D eigenvalue weighted by Crippen LogP contribution is -2.33. The van der Waals surface area contributed by atoms with Gasteiger partial charge < -0.3 is 9.88 Å². The van der Waals surface area contributed by atoms with Crippen molar-refractivity contribution in [1.29, 1.82) is 0 Å². The molecular weight excluding hydrogens is 377 g/mol. The zero-order valence-corrected chi connectivity index (χ0v) is 13.7. The molecule has 0 spiro atoms. The van der Waals surface area contributed by atoms with Gasteiger partial charge in [-0.25, -0.2) is 4.98 Å². The molecule has 102 valence electrons. The van der Waals surface area contributed by atoms with Crippen molar-refractivity contribution in [2.75, 3.05) is 0 Å². The number of benzene rings is 1. The topological polar surface area (TPSA) is 46.9 Å². The van der Waals surface area contributed by atoms with Crippen molar-refractivity contribution in [2.24, 2.45) is 0 Å². The normalized spacial score (nSPS) is 11.2. The zero-order chi connectivity index (χ0) is 14.0. The lowest BCUT2D eigenvalue weighted by Gasteiger charge is -2.11. The molecule has 2 aromatic rings. The summed E-state index contributed by atoms with van der Waals surface area (Å²) in [4.78, 5) is 16.4. The molecule has 0 aliphatic heterocycles. The molecule has 1 N–H and O–H groups in total. The van der Waals surface area contributed by atoms with Gasteiger partial charge in [0.15, 0.2) is 0 Å². The maximum atomic E-state index is 11.9. The minimum atomic E-state index is -0.0285. The van der Waals surface area contributed by atoms with Crippen LogP contribution in [0.1, 0.15) is 19.7 Å². The van der Waals surface area contributed by atoms with Crippen LogP contribution in [0.25, 0.3) is 11.0 Å². The van der Waals surface area contributed by atoms with Crippen molar-refractivity contribution >= 4 is 51.1 Å². The first-order valence-electron chi connectivity index (χ1n) is 6.01. The van der Waals surface area contributed by atoms with Crippen LogP contribution in [-0.2, 0) is 17.2 Å². The average molecular weight is 392 g/mol. The van der Waals surface area contributed by atoms with Gasteiger partial charge in [-0.1, -0.05) is 0 Å². The molecule has 0 bridgehead atoms. The number of imidazole rings is 1. The third kappa shape index (κ3) is 3.39. The van der Waals surface area contributed by atoms with E-state index in [0.717, 1.165) is 20.4 Å². The fraction of sp³-hybridized carbons (Fsp3) is 0.385. The summed E-state index contributed by atoms with van der Waals surface area (Å²) in [5.41, 5.74) is 1.81. The summed E-state index contributed by atoms with van der Waals surface area (Å²) < 4.78 is 2.98. The van der Waals surface area contributed by atoms with Gasteiger partial charge in [-0.2, -0.15) is 0 Å². The molecule has 1 aromatic carbocycles. The van der Waals surface area contributed by atoms with Crippen LogP contribution >= 0.6 is 34.2 Å². The Bertz CT molecular complexity index is 609. The average Bonchev–Trinajstić information content (AvgIpc) is 2.65. The number of fused-ring (bicyclic) bond motifs is 1.